The summed E-state index contributed by atoms with van der Waals surface area (Å²) in [5, 5.41) is 3.64. The van der Waals surface area contributed by atoms with E-state index < -0.39 is 0 Å². The lowest BCUT2D eigenvalue weighted by atomic mass is 9.89. The summed E-state index contributed by atoms with van der Waals surface area (Å²) < 4.78 is 6.18. The number of pyridine rings is 1. The Morgan fingerprint density at radius 2 is 1.93 bits per heavy atom. The number of nitrogens with zero attached hydrogens (tertiary/aromatic N) is 4. The third-order valence-electron chi connectivity index (χ3n) is 6.14. The number of aryl methyl sites for hydroxylation is 1. The maximum absolute atomic E-state index is 6.18. The molecule has 2 aliphatic rings. The lowest BCUT2D eigenvalue weighted by molar-refractivity contribution is -0.0266. The van der Waals surface area contributed by atoms with Gasteiger partial charge >= 0.3 is 0 Å². The number of aromatic nitrogens is 1. The zero-order valence-corrected chi connectivity index (χ0v) is 18.1. The smallest absolute Gasteiger partial charge is 0.193 e. The van der Waals surface area contributed by atoms with E-state index in [1.165, 1.54) is 17.5 Å². The van der Waals surface area contributed by atoms with Gasteiger partial charge in [0.05, 0.1) is 6.10 Å². The molecule has 0 saturated carbocycles. The van der Waals surface area contributed by atoms with Gasteiger partial charge in [0.2, 0.25) is 0 Å². The minimum Gasteiger partial charge on any atom is -0.373 e. The third-order valence-corrected chi connectivity index (χ3v) is 6.14. The molecule has 2 unspecified atom stereocenters. The number of benzene rings is 1. The molecule has 1 aromatic carbocycles. The van der Waals surface area contributed by atoms with E-state index in [0.717, 1.165) is 57.5 Å². The summed E-state index contributed by atoms with van der Waals surface area (Å²) in [5.74, 6) is 2.50. The van der Waals surface area contributed by atoms with Crippen molar-refractivity contribution in [1.29, 1.82) is 0 Å². The van der Waals surface area contributed by atoms with Gasteiger partial charge in [-0.3, -0.25) is 4.99 Å². The maximum atomic E-state index is 6.18. The second kappa shape index (κ2) is 9.94. The molecule has 3 heterocycles. The average molecular weight is 408 g/mol. The maximum Gasteiger partial charge on any atom is 0.193 e. The van der Waals surface area contributed by atoms with Crippen molar-refractivity contribution in [1.82, 2.24) is 15.2 Å². The molecule has 160 valence electrons. The van der Waals surface area contributed by atoms with Crippen molar-refractivity contribution in [3.8, 4) is 0 Å². The number of hydrogen-bond donors (Lipinski definition) is 1. The summed E-state index contributed by atoms with van der Waals surface area (Å²) in [6, 6.07) is 14.9. The Labute approximate surface area is 180 Å². The summed E-state index contributed by atoms with van der Waals surface area (Å²) in [6.07, 6.45) is 4.32. The molecular formula is C24H33N5O. The summed E-state index contributed by atoms with van der Waals surface area (Å²) >= 11 is 0. The molecule has 2 aliphatic heterocycles. The van der Waals surface area contributed by atoms with Crippen LogP contribution in [0, 0.1) is 12.8 Å². The fourth-order valence-corrected chi connectivity index (χ4v) is 4.42. The van der Waals surface area contributed by atoms with Gasteiger partial charge in [-0.25, -0.2) is 4.98 Å². The van der Waals surface area contributed by atoms with E-state index in [4.69, 9.17) is 4.74 Å². The van der Waals surface area contributed by atoms with Crippen molar-refractivity contribution in [2.75, 3.05) is 51.3 Å². The quantitative estimate of drug-likeness (QED) is 0.623. The number of anilines is 1. The van der Waals surface area contributed by atoms with Crippen molar-refractivity contribution in [3.05, 3.63) is 59.8 Å². The first-order valence-electron chi connectivity index (χ1n) is 11.0. The molecule has 30 heavy (non-hydrogen) atoms. The van der Waals surface area contributed by atoms with Gasteiger partial charge in [-0.05, 0) is 37.5 Å². The highest BCUT2D eigenvalue weighted by atomic mass is 16.5. The fourth-order valence-electron chi connectivity index (χ4n) is 4.42. The highest BCUT2D eigenvalue weighted by Gasteiger charge is 2.28. The van der Waals surface area contributed by atoms with Crippen LogP contribution in [0.4, 0.5) is 5.82 Å². The molecule has 0 bridgehead atoms. The van der Waals surface area contributed by atoms with E-state index in [0.29, 0.717) is 5.92 Å². The van der Waals surface area contributed by atoms with Crippen LogP contribution in [0.15, 0.2) is 53.7 Å². The van der Waals surface area contributed by atoms with Crippen LogP contribution >= 0.6 is 0 Å². The second-order valence-corrected chi connectivity index (χ2v) is 8.19. The van der Waals surface area contributed by atoms with E-state index in [1.54, 1.807) is 0 Å². The zero-order valence-electron chi connectivity index (χ0n) is 18.1. The molecule has 6 heteroatoms. The summed E-state index contributed by atoms with van der Waals surface area (Å²) in [7, 11) is 1.88. The molecule has 0 aliphatic carbocycles. The number of rotatable bonds is 4. The molecule has 1 N–H and O–H groups in total. The Bertz CT molecular complexity index is 815. The molecule has 2 atom stereocenters. The largest absolute Gasteiger partial charge is 0.373 e. The molecule has 6 nitrogen and oxygen atoms in total. The van der Waals surface area contributed by atoms with E-state index in [9.17, 15) is 0 Å². The second-order valence-electron chi connectivity index (χ2n) is 8.19. The molecule has 1 aromatic heterocycles. The van der Waals surface area contributed by atoms with Gasteiger partial charge in [-0.15, -0.1) is 0 Å². The van der Waals surface area contributed by atoms with Gasteiger partial charge in [0.25, 0.3) is 0 Å². The topological polar surface area (TPSA) is 53.0 Å². The van der Waals surface area contributed by atoms with Gasteiger partial charge in [0.15, 0.2) is 5.96 Å². The van der Waals surface area contributed by atoms with Crippen LogP contribution in [0.1, 0.15) is 30.1 Å². The first-order valence-corrected chi connectivity index (χ1v) is 11.0. The molecule has 2 saturated heterocycles. The van der Waals surface area contributed by atoms with Gasteiger partial charge in [-0.2, -0.15) is 0 Å². The Morgan fingerprint density at radius 1 is 1.13 bits per heavy atom. The first-order chi connectivity index (χ1) is 14.7. The molecule has 0 amide bonds. The lowest BCUT2D eigenvalue weighted by Gasteiger charge is -2.38. The van der Waals surface area contributed by atoms with Crippen LogP contribution in [0.3, 0.4) is 0 Å². The predicted octanol–water partition coefficient (Wildman–Crippen LogP) is 3.26. The molecule has 2 fully saturated rings. The zero-order chi connectivity index (χ0) is 20.8. The number of piperazine rings is 1. The fraction of sp³-hybridized carbons (Fsp3) is 0.500. The minimum atomic E-state index is 0.158. The Balaban J connectivity index is 1.33. The Kier molecular flexibility index (Phi) is 6.84. The minimum absolute atomic E-state index is 0.158. The van der Waals surface area contributed by atoms with E-state index in [2.05, 4.69) is 62.3 Å². The molecular weight excluding hydrogens is 374 g/mol. The van der Waals surface area contributed by atoms with E-state index >= 15 is 0 Å². The van der Waals surface area contributed by atoms with E-state index in [1.807, 2.05) is 25.4 Å². The summed E-state index contributed by atoms with van der Waals surface area (Å²) in [5.41, 5.74) is 2.57. The monoisotopic (exact) mass is 407 g/mol. The van der Waals surface area contributed by atoms with Gasteiger partial charge in [0.1, 0.15) is 5.82 Å². The van der Waals surface area contributed by atoms with Crippen LogP contribution in [0.25, 0.3) is 0 Å². The van der Waals surface area contributed by atoms with Crippen LogP contribution in [-0.4, -0.2) is 62.2 Å². The Hall–Kier alpha value is -2.60. The average Bonchev–Trinajstić information content (AvgIpc) is 2.81. The highest BCUT2D eigenvalue weighted by molar-refractivity contribution is 5.80. The van der Waals surface area contributed by atoms with Crippen molar-refractivity contribution in [2.45, 2.75) is 25.9 Å². The molecule has 0 spiro atoms. The number of aliphatic imine (C=N–C) groups is 1. The number of nitrogens with one attached hydrogen (secondary N) is 1. The molecule has 2 aromatic rings. The molecule has 0 radical (unpaired) electrons. The van der Waals surface area contributed by atoms with Crippen LogP contribution < -0.4 is 10.2 Å². The van der Waals surface area contributed by atoms with Crippen LogP contribution in [0.2, 0.25) is 0 Å². The number of guanidine groups is 1. The predicted molar refractivity (Wildman–Crippen MR) is 122 cm³/mol. The van der Waals surface area contributed by atoms with Gasteiger partial charge in [-0.1, -0.05) is 35.9 Å². The van der Waals surface area contributed by atoms with Crippen molar-refractivity contribution >= 4 is 11.8 Å². The van der Waals surface area contributed by atoms with Gasteiger partial charge in [0, 0.05) is 58.5 Å². The van der Waals surface area contributed by atoms with Crippen molar-refractivity contribution in [3.63, 3.8) is 0 Å². The normalized spacial score (nSPS) is 22.8. The molecule has 4 rings (SSSR count). The van der Waals surface area contributed by atoms with Crippen LogP contribution in [0.5, 0.6) is 0 Å². The first kappa shape index (κ1) is 20.7. The summed E-state index contributed by atoms with van der Waals surface area (Å²) in [6.45, 7) is 7.65. The number of ether oxygens (including phenoxy) is 1. The lowest BCUT2D eigenvalue weighted by Crippen LogP contribution is -2.53. The van der Waals surface area contributed by atoms with Gasteiger partial charge < -0.3 is 19.9 Å². The Morgan fingerprint density at radius 3 is 2.63 bits per heavy atom. The number of hydrogen-bond acceptors (Lipinski definition) is 4. The standard InChI is InChI=1S/C24H33N5O/c1-19-8-10-20(11-9-19)23-21(6-5-17-30-23)18-27-24(25-2)29-15-13-28(14-16-29)22-7-3-4-12-26-22/h3-4,7-12,21,23H,5-6,13-18H2,1-2H3,(H,25,27). The van der Waals surface area contributed by atoms with Crippen molar-refractivity contribution < 1.29 is 4.74 Å². The SMILES string of the molecule is CN=C(NCC1CCCOC1c1ccc(C)cc1)N1CCN(c2ccccn2)CC1. The van der Waals surface area contributed by atoms with Crippen molar-refractivity contribution in [2.24, 2.45) is 10.9 Å². The van der Waals surface area contributed by atoms with Crippen LogP contribution in [-0.2, 0) is 4.74 Å². The highest BCUT2D eigenvalue weighted by Crippen LogP contribution is 2.33. The third kappa shape index (κ3) is 4.93. The summed E-state index contributed by atoms with van der Waals surface area (Å²) in [4.78, 5) is 13.7. The van der Waals surface area contributed by atoms with E-state index in [-0.39, 0.29) is 6.10 Å².